The molecule has 4 fully saturated rings. The van der Waals surface area contributed by atoms with Crippen molar-refractivity contribution in [2.24, 2.45) is 17.8 Å². The molecule has 5 aliphatic rings. The van der Waals surface area contributed by atoms with E-state index in [0.717, 1.165) is 23.4 Å². The summed E-state index contributed by atoms with van der Waals surface area (Å²) >= 11 is 0. The normalized spacial score (nSPS) is 21.1. The summed E-state index contributed by atoms with van der Waals surface area (Å²) in [6, 6.07) is 83.0. The second kappa shape index (κ2) is 14.9. The molecule has 14 rings (SSSR count). The Morgan fingerprint density at radius 1 is 0.375 bits per heavy atom. The van der Waals surface area contributed by atoms with Crippen LogP contribution in [0.4, 0.5) is 17.1 Å². The fraction of sp³-hybridized carbons (Fsp3) is 0.161. The van der Waals surface area contributed by atoms with Crippen LogP contribution in [0.25, 0.3) is 44.2 Å². The van der Waals surface area contributed by atoms with Crippen LogP contribution in [0.1, 0.15) is 44.1 Å². The van der Waals surface area contributed by atoms with Gasteiger partial charge in [0.2, 0.25) is 0 Å². The number of anilines is 3. The lowest BCUT2D eigenvalue weighted by molar-refractivity contribution is -0.00518. The average molecular weight is 838 g/mol. The third-order valence-electron chi connectivity index (χ3n) is 15.9. The van der Waals surface area contributed by atoms with E-state index in [2.05, 4.69) is 223 Å². The van der Waals surface area contributed by atoms with E-state index in [9.17, 15) is 0 Å². The van der Waals surface area contributed by atoms with Crippen molar-refractivity contribution in [1.82, 2.24) is 0 Å². The molecule has 1 aliphatic heterocycles. The second-order valence-electron chi connectivity index (χ2n) is 19.5. The van der Waals surface area contributed by atoms with E-state index in [-0.39, 0.29) is 0 Å². The van der Waals surface area contributed by atoms with Gasteiger partial charge in [-0.1, -0.05) is 182 Å². The molecule has 1 heterocycles. The third-order valence-corrected chi connectivity index (χ3v) is 20.8. The average Bonchev–Trinajstić information content (AvgIpc) is 3.65. The fourth-order valence-electron chi connectivity index (χ4n) is 13.7. The van der Waals surface area contributed by atoms with Gasteiger partial charge in [0.05, 0.1) is 0 Å². The van der Waals surface area contributed by atoms with Crippen LogP contribution in [0.5, 0.6) is 0 Å². The van der Waals surface area contributed by atoms with Gasteiger partial charge in [0, 0.05) is 17.1 Å². The summed E-state index contributed by atoms with van der Waals surface area (Å²) in [5, 5.41) is 8.32. The van der Waals surface area contributed by atoms with Gasteiger partial charge >= 0.3 is 0 Å². The molecule has 1 nitrogen and oxygen atoms in total. The van der Waals surface area contributed by atoms with Gasteiger partial charge in [0.25, 0.3) is 0 Å². The highest BCUT2D eigenvalue weighted by molar-refractivity contribution is 7.22. The first-order valence-corrected chi connectivity index (χ1v) is 25.6. The number of fused-ring (bicyclic) bond motifs is 4. The minimum Gasteiger partial charge on any atom is -0.311 e. The molecule has 9 aromatic rings. The number of hydrogen-bond donors (Lipinski definition) is 0. The van der Waals surface area contributed by atoms with Gasteiger partial charge in [0.1, 0.15) is 0 Å². The highest BCUT2D eigenvalue weighted by atomic mass is 28.3. The lowest BCUT2D eigenvalue weighted by Gasteiger charge is -2.57. The standard InChI is InChI=1S/C62H51NSi/c1-4-14-46(15-5-1)55-23-12-16-48-17-13-24-56(61(48)55)47-26-30-50(31-27-47)63(51-32-28-49(29-33-51)62-40-43-36-44(41-62)38-45(37-43)42-62)52-34-35-58-57-22-10-11-25-59(57)64(60(58)39-52,53-18-6-2-7-19-53)54-20-8-3-9-21-54/h1-35,39,43-45H,36-38,40-42H2. The summed E-state index contributed by atoms with van der Waals surface area (Å²) in [5.41, 5.74) is 13.2. The fourth-order valence-corrected chi connectivity index (χ4v) is 18.9. The van der Waals surface area contributed by atoms with E-state index in [4.69, 9.17) is 0 Å². The molecule has 0 radical (unpaired) electrons. The Morgan fingerprint density at radius 2 is 0.844 bits per heavy atom. The molecule has 0 spiro atoms. The summed E-state index contributed by atoms with van der Waals surface area (Å²) in [4.78, 5) is 2.53. The molecule has 0 N–H and O–H groups in total. The van der Waals surface area contributed by atoms with Gasteiger partial charge in [-0.3, -0.25) is 0 Å². The van der Waals surface area contributed by atoms with Crippen molar-refractivity contribution in [2.45, 2.75) is 43.9 Å². The maximum atomic E-state index is 2.57. The Morgan fingerprint density at radius 3 is 1.44 bits per heavy atom. The van der Waals surface area contributed by atoms with Gasteiger partial charge in [0.15, 0.2) is 8.07 Å². The Hall–Kier alpha value is -6.74. The van der Waals surface area contributed by atoms with Gasteiger partial charge in [-0.2, -0.15) is 0 Å². The van der Waals surface area contributed by atoms with Gasteiger partial charge < -0.3 is 4.90 Å². The van der Waals surface area contributed by atoms with Crippen LogP contribution >= 0.6 is 0 Å². The van der Waals surface area contributed by atoms with E-state index >= 15 is 0 Å². The Bertz CT molecular complexity index is 3090. The smallest absolute Gasteiger partial charge is 0.180 e. The first kappa shape index (κ1) is 37.8. The van der Waals surface area contributed by atoms with Crippen LogP contribution in [0, 0.1) is 17.8 Å². The van der Waals surface area contributed by atoms with E-state index in [1.54, 1.807) is 5.56 Å². The van der Waals surface area contributed by atoms with E-state index in [1.807, 2.05) is 0 Å². The van der Waals surface area contributed by atoms with Crippen molar-refractivity contribution in [3.05, 3.63) is 224 Å². The Balaban J connectivity index is 0.980. The minimum absolute atomic E-state index is 0.354. The molecule has 2 heteroatoms. The summed E-state index contributed by atoms with van der Waals surface area (Å²) in [7, 11) is -2.69. The zero-order valence-electron chi connectivity index (χ0n) is 36.2. The number of nitrogens with zero attached hydrogens (tertiary/aromatic N) is 1. The topological polar surface area (TPSA) is 3.24 Å². The molecule has 0 aromatic heterocycles. The van der Waals surface area contributed by atoms with Gasteiger partial charge in [-0.15, -0.1) is 0 Å². The molecule has 4 saturated carbocycles. The predicted octanol–water partition coefficient (Wildman–Crippen LogP) is 13.5. The molecule has 0 unspecified atom stereocenters. The van der Waals surface area contributed by atoms with Crippen LogP contribution in [0.2, 0.25) is 0 Å². The maximum absolute atomic E-state index is 2.69. The summed E-state index contributed by atoms with van der Waals surface area (Å²) in [5.74, 6) is 2.75. The SMILES string of the molecule is c1ccc(-c2cccc3cccc(-c4ccc(N(c5ccc(C67CC8CC(CC(C8)C6)C7)cc5)c5ccc6c(c5)[Si](c5ccccc5)(c5ccccc5)c5ccccc5-6)cc4)c23)cc1. The summed E-state index contributed by atoms with van der Waals surface area (Å²) in [6.07, 6.45) is 8.52. The molecular weight excluding hydrogens is 787 g/mol. The highest BCUT2D eigenvalue weighted by Gasteiger charge is 2.52. The lowest BCUT2D eigenvalue weighted by Crippen LogP contribution is -2.72. The summed E-state index contributed by atoms with van der Waals surface area (Å²) < 4.78 is 0. The van der Waals surface area contributed by atoms with Crippen molar-refractivity contribution in [2.75, 3.05) is 4.90 Å². The maximum Gasteiger partial charge on any atom is 0.180 e. The lowest BCUT2D eigenvalue weighted by atomic mass is 9.48. The number of benzene rings is 9. The zero-order valence-corrected chi connectivity index (χ0v) is 37.2. The van der Waals surface area contributed by atoms with E-state index in [0.29, 0.717) is 5.41 Å². The van der Waals surface area contributed by atoms with Crippen LogP contribution < -0.4 is 25.6 Å². The third kappa shape index (κ3) is 5.88. The molecule has 4 aliphatic carbocycles. The Kier molecular flexibility index (Phi) is 8.81. The quantitative estimate of drug-likeness (QED) is 0.138. The molecule has 308 valence electrons. The molecule has 9 aromatic carbocycles. The molecule has 0 atom stereocenters. The second-order valence-corrected chi connectivity index (χ2v) is 23.2. The highest BCUT2D eigenvalue weighted by Crippen LogP contribution is 2.61. The zero-order chi connectivity index (χ0) is 42.2. The first-order chi connectivity index (χ1) is 31.6. The van der Waals surface area contributed by atoms with E-state index in [1.165, 1.54) is 115 Å². The van der Waals surface area contributed by atoms with Crippen molar-refractivity contribution < 1.29 is 0 Å². The number of hydrogen-bond acceptors (Lipinski definition) is 1. The van der Waals surface area contributed by atoms with Crippen LogP contribution in [-0.2, 0) is 5.41 Å². The largest absolute Gasteiger partial charge is 0.311 e. The number of rotatable bonds is 8. The molecule has 64 heavy (non-hydrogen) atoms. The molecule has 0 saturated heterocycles. The predicted molar refractivity (Wildman–Crippen MR) is 272 cm³/mol. The van der Waals surface area contributed by atoms with Crippen LogP contribution in [0.15, 0.2) is 218 Å². The Labute approximate surface area is 378 Å². The monoisotopic (exact) mass is 837 g/mol. The van der Waals surface area contributed by atoms with Crippen molar-refractivity contribution in [3.8, 4) is 33.4 Å². The molecule has 0 amide bonds. The first-order valence-electron chi connectivity index (χ1n) is 23.6. The van der Waals surface area contributed by atoms with Crippen molar-refractivity contribution in [3.63, 3.8) is 0 Å². The van der Waals surface area contributed by atoms with Crippen LogP contribution in [0.3, 0.4) is 0 Å². The van der Waals surface area contributed by atoms with Gasteiger partial charge in [-0.25, -0.2) is 0 Å². The van der Waals surface area contributed by atoms with Crippen molar-refractivity contribution >= 4 is 56.7 Å². The van der Waals surface area contributed by atoms with Crippen LogP contribution in [-0.4, -0.2) is 8.07 Å². The molecular formula is C62H51NSi. The van der Waals surface area contributed by atoms with Gasteiger partial charge in [-0.05, 0) is 169 Å². The van der Waals surface area contributed by atoms with E-state index < -0.39 is 8.07 Å². The molecule has 4 bridgehead atoms. The minimum atomic E-state index is -2.69. The van der Waals surface area contributed by atoms with Crippen molar-refractivity contribution in [1.29, 1.82) is 0 Å². The summed E-state index contributed by atoms with van der Waals surface area (Å²) in [6.45, 7) is 0.